The van der Waals surface area contributed by atoms with E-state index in [9.17, 15) is 4.79 Å². The van der Waals surface area contributed by atoms with Crippen molar-refractivity contribution < 1.29 is 13.7 Å². The molecule has 0 bridgehead atoms. The van der Waals surface area contributed by atoms with Crippen LogP contribution in [0.2, 0.25) is 0 Å². The minimum atomic E-state index is -0.328. The van der Waals surface area contributed by atoms with Crippen LogP contribution in [-0.4, -0.2) is 12.3 Å². The van der Waals surface area contributed by atoms with Gasteiger partial charge in [-0.05, 0) is 44.4 Å². The molecule has 1 aliphatic carbocycles. The van der Waals surface area contributed by atoms with Gasteiger partial charge in [0.2, 0.25) is 0 Å². The van der Waals surface area contributed by atoms with Crippen molar-refractivity contribution in [3.8, 4) is 17.1 Å². The highest BCUT2D eigenvalue weighted by Crippen LogP contribution is 2.41. The van der Waals surface area contributed by atoms with Crippen LogP contribution in [0.5, 0.6) is 5.75 Å². The average Bonchev–Trinajstić information content (AvgIpc) is 3.28. The minimum absolute atomic E-state index is 0.328. The van der Waals surface area contributed by atoms with E-state index in [1.807, 2.05) is 25.1 Å². The van der Waals surface area contributed by atoms with E-state index in [2.05, 4.69) is 5.16 Å². The molecule has 0 atom stereocenters. The predicted octanol–water partition coefficient (Wildman–Crippen LogP) is 3.95. The zero-order valence-corrected chi connectivity index (χ0v) is 13.3. The lowest BCUT2D eigenvalue weighted by Gasteiger charge is -2.10. The molecule has 2 heterocycles. The molecule has 0 N–H and O–H groups in total. The van der Waals surface area contributed by atoms with E-state index in [-0.39, 0.29) is 5.63 Å². The fourth-order valence-corrected chi connectivity index (χ4v) is 2.86. The van der Waals surface area contributed by atoms with E-state index in [4.69, 9.17) is 13.7 Å². The van der Waals surface area contributed by atoms with Crippen LogP contribution in [0.4, 0.5) is 0 Å². The first-order chi connectivity index (χ1) is 11.1. The maximum atomic E-state index is 12.0. The van der Waals surface area contributed by atoms with Crippen molar-refractivity contribution in [2.75, 3.05) is 7.11 Å². The quantitative estimate of drug-likeness (QED) is 0.685. The number of hydrogen-bond acceptors (Lipinski definition) is 5. The molecule has 3 aromatic rings. The molecule has 0 spiro atoms. The monoisotopic (exact) mass is 311 g/mol. The molecule has 4 rings (SSSR count). The number of aromatic nitrogens is 1. The molecule has 5 heteroatoms. The average molecular weight is 311 g/mol. The molecule has 0 radical (unpaired) electrons. The summed E-state index contributed by atoms with van der Waals surface area (Å²) in [6.07, 6.45) is 2.33. The van der Waals surface area contributed by atoms with Crippen molar-refractivity contribution >= 4 is 11.0 Å². The topological polar surface area (TPSA) is 65.5 Å². The fraction of sp³-hybridized carbons (Fsp3) is 0.333. The Balaban J connectivity index is 1.94. The molecule has 1 aromatic carbocycles. The molecule has 118 valence electrons. The summed E-state index contributed by atoms with van der Waals surface area (Å²) in [5, 5.41) is 4.95. The number of benzene rings is 1. The molecular weight excluding hydrogens is 294 g/mol. The summed E-state index contributed by atoms with van der Waals surface area (Å²) in [6.45, 7) is 3.66. The Hall–Kier alpha value is -2.56. The molecule has 1 aliphatic rings. The first-order valence-electron chi connectivity index (χ1n) is 7.67. The molecule has 0 amide bonds. The molecular formula is C18H17NO4. The Labute approximate surface area is 132 Å². The number of methoxy groups -OCH3 is 1. The van der Waals surface area contributed by atoms with E-state index >= 15 is 0 Å². The summed E-state index contributed by atoms with van der Waals surface area (Å²) in [6, 6.07) is 5.66. The molecule has 2 aromatic heterocycles. The number of nitrogens with zero attached hydrogens (tertiary/aromatic N) is 1. The van der Waals surface area contributed by atoms with Crippen LogP contribution in [0.3, 0.4) is 0 Å². The van der Waals surface area contributed by atoms with Gasteiger partial charge < -0.3 is 13.7 Å². The Morgan fingerprint density at radius 1 is 1.17 bits per heavy atom. The first-order valence-corrected chi connectivity index (χ1v) is 7.67. The van der Waals surface area contributed by atoms with Crippen molar-refractivity contribution in [1.82, 2.24) is 5.16 Å². The van der Waals surface area contributed by atoms with Gasteiger partial charge in [-0.15, -0.1) is 0 Å². The SMILES string of the molecule is COc1cc(-c2cc(C3CC3)no2)cc2oc(=O)c(C)c(C)c12. The van der Waals surface area contributed by atoms with Gasteiger partial charge in [-0.1, -0.05) is 5.16 Å². The van der Waals surface area contributed by atoms with E-state index < -0.39 is 0 Å². The van der Waals surface area contributed by atoms with Crippen LogP contribution >= 0.6 is 0 Å². The molecule has 0 aliphatic heterocycles. The lowest BCUT2D eigenvalue weighted by molar-refractivity contribution is 0.415. The zero-order chi connectivity index (χ0) is 16.1. The van der Waals surface area contributed by atoms with E-state index in [1.165, 1.54) is 12.8 Å². The summed E-state index contributed by atoms with van der Waals surface area (Å²) < 4.78 is 16.4. The molecule has 1 saturated carbocycles. The summed E-state index contributed by atoms with van der Waals surface area (Å²) >= 11 is 0. The standard InChI is InChI=1S/C18H17NO4/c1-9-10(2)18(20)22-16-7-12(6-15(21-3)17(9)16)14-8-13(19-23-14)11-4-5-11/h6-8,11H,4-5H2,1-3H3. The van der Waals surface area contributed by atoms with Gasteiger partial charge in [0, 0.05) is 23.1 Å². The van der Waals surface area contributed by atoms with Crippen molar-refractivity contribution in [3.05, 3.63) is 45.4 Å². The summed E-state index contributed by atoms with van der Waals surface area (Å²) in [5.41, 5.74) is 3.41. The normalized spacial score (nSPS) is 14.4. The van der Waals surface area contributed by atoms with Crippen LogP contribution < -0.4 is 10.4 Å². The Bertz CT molecular complexity index is 963. The van der Waals surface area contributed by atoms with Gasteiger partial charge in [-0.2, -0.15) is 0 Å². The third-order valence-corrected chi connectivity index (χ3v) is 4.54. The highest BCUT2D eigenvalue weighted by molar-refractivity contribution is 5.91. The van der Waals surface area contributed by atoms with Crippen molar-refractivity contribution in [2.45, 2.75) is 32.6 Å². The first kappa shape index (κ1) is 14.1. The zero-order valence-electron chi connectivity index (χ0n) is 13.3. The van der Waals surface area contributed by atoms with Crippen molar-refractivity contribution in [2.24, 2.45) is 0 Å². The summed E-state index contributed by atoms with van der Waals surface area (Å²) in [4.78, 5) is 12.0. The number of hydrogen-bond donors (Lipinski definition) is 0. The van der Waals surface area contributed by atoms with Crippen LogP contribution in [0.1, 0.15) is 35.6 Å². The molecule has 23 heavy (non-hydrogen) atoms. The summed E-state index contributed by atoms with van der Waals surface area (Å²) in [5.74, 6) is 1.84. The second-order valence-electron chi connectivity index (χ2n) is 6.08. The van der Waals surface area contributed by atoms with Gasteiger partial charge in [-0.3, -0.25) is 0 Å². The third kappa shape index (κ3) is 2.23. The van der Waals surface area contributed by atoms with Gasteiger partial charge in [0.15, 0.2) is 5.76 Å². The maximum Gasteiger partial charge on any atom is 0.339 e. The number of ether oxygens (including phenoxy) is 1. The van der Waals surface area contributed by atoms with Crippen molar-refractivity contribution in [3.63, 3.8) is 0 Å². The molecule has 0 unspecified atom stereocenters. The van der Waals surface area contributed by atoms with E-state index in [1.54, 1.807) is 14.0 Å². The van der Waals surface area contributed by atoms with Crippen molar-refractivity contribution in [1.29, 1.82) is 0 Å². The third-order valence-electron chi connectivity index (χ3n) is 4.54. The molecule has 0 saturated heterocycles. The molecule has 1 fully saturated rings. The van der Waals surface area contributed by atoms with Gasteiger partial charge in [-0.25, -0.2) is 4.79 Å². The van der Waals surface area contributed by atoms with E-state index in [0.717, 1.165) is 22.2 Å². The number of fused-ring (bicyclic) bond motifs is 1. The number of aryl methyl sites for hydroxylation is 1. The lowest BCUT2D eigenvalue weighted by Crippen LogP contribution is -2.06. The second kappa shape index (κ2) is 4.98. The maximum absolute atomic E-state index is 12.0. The van der Waals surface area contributed by atoms with Crippen LogP contribution in [0, 0.1) is 13.8 Å². The smallest absolute Gasteiger partial charge is 0.339 e. The minimum Gasteiger partial charge on any atom is -0.496 e. The number of rotatable bonds is 3. The largest absolute Gasteiger partial charge is 0.496 e. The molecule has 5 nitrogen and oxygen atoms in total. The van der Waals surface area contributed by atoms with Gasteiger partial charge in [0.1, 0.15) is 11.3 Å². The highest BCUT2D eigenvalue weighted by Gasteiger charge is 2.27. The lowest BCUT2D eigenvalue weighted by atomic mass is 10.0. The van der Waals surface area contributed by atoms with Crippen LogP contribution in [-0.2, 0) is 0 Å². The van der Waals surface area contributed by atoms with Crippen LogP contribution in [0.15, 0.2) is 31.9 Å². The van der Waals surface area contributed by atoms with Gasteiger partial charge in [0.05, 0.1) is 18.2 Å². The fourth-order valence-electron chi connectivity index (χ4n) is 2.86. The van der Waals surface area contributed by atoms with E-state index in [0.29, 0.717) is 28.6 Å². The second-order valence-corrected chi connectivity index (χ2v) is 6.08. The van der Waals surface area contributed by atoms with Gasteiger partial charge >= 0.3 is 5.63 Å². The Morgan fingerprint density at radius 2 is 1.96 bits per heavy atom. The van der Waals surface area contributed by atoms with Crippen LogP contribution in [0.25, 0.3) is 22.3 Å². The predicted molar refractivity (Wildman–Crippen MR) is 86.0 cm³/mol. The van der Waals surface area contributed by atoms with Gasteiger partial charge in [0.25, 0.3) is 0 Å². The Kier molecular flexibility index (Phi) is 3.04. The highest BCUT2D eigenvalue weighted by atomic mass is 16.5. The summed E-state index contributed by atoms with van der Waals surface area (Å²) in [7, 11) is 1.61. The Morgan fingerprint density at radius 3 is 2.65 bits per heavy atom.